The maximum Gasteiger partial charge on any atom is 0.262 e. The van der Waals surface area contributed by atoms with Gasteiger partial charge in [-0.3, -0.25) is 19.2 Å². The first-order valence-electron chi connectivity index (χ1n) is 14.8. The molecule has 45 heavy (non-hydrogen) atoms. The van der Waals surface area contributed by atoms with Crippen LogP contribution in [0, 0.1) is 5.82 Å². The van der Waals surface area contributed by atoms with Gasteiger partial charge in [0.1, 0.15) is 11.3 Å². The Hall–Kier alpha value is -5.00. The van der Waals surface area contributed by atoms with Crippen molar-refractivity contribution < 1.29 is 23.3 Å². The third-order valence-corrected chi connectivity index (χ3v) is 7.64. The molecule has 10 nitrogen and oxygen atoms in total. The quantitative estimate of drug-likeness (QED) is 0.186. The zero-order valence-electron chi connectivity index (χ0n) is 25.2. The molecular weight excluding hydrogens is 577 g/mol. The molecule has 0 amide bonds. The summed E-state index contributed by atoms with van der Waals surface area (Å²) < 4.78 is 40.0. The minimum atomic E-state index is -0.627. The smallest absolute Gasteiger partial charge is 0.262 e. The van der Waals surface area contributed by atoms with Crippen LogP contribution in [-0.4, -0.2) is 66.0 Å². The fraction of sp³-hybridized carbons (Fsp3) is 0.265. The van der Waals surface area contributed by atoms with E-state index in [4.69, 9.17) is 18.9 Å². The van der Waals surface area contributed by atoms with Gasteiger partial charge in [-0.2, -0.15) is 0 Å². The molecule has 11 heteroatoms. The van der Waals surface area contributed by atoms with Crippen molar-refractivity contribution in [2.45, 2.75) is 6.42 Å². The topological polar surface area (TPSA) is 100.0 Å². The zero-order chi connectivity index (χ0) is 31.2. The lowest BCUT2D eigenvalue weighted by Crippen LogP contribution is -2.37. The number of rotatable bonds is 11. The second-order valence-corrected chi connectivity index (χ2v) is 10.6. The molecule has 0 bridgehead atoms. The van der Waals surface area contributed by atoms with Crippen LogP contribution in [0.2, 0.25) is 0 Å². The van der Waals surface area contributed by atoms with Crippen molar-refractivity contribution in [3.63, 3.8) is 0 Å². The molecule has 1 aliphatic rings. The number of pyridine rings is 1. The molecule has 5 aromatic rings. The van der Waals surface area contributed by atoms with Crippen molar-refractivity contribution in [2.75, 3.05) is 51.9 Å². The Labute approximate surface area is 260 Å². The monoisotopic (exact) mass is 611 g/mol. The summed E-state index contributed by atoms with van der Waals surface area (Å²) in [7, 11) is 3.18. The van der Waals surface area contributed by atoms with Crippen LogP contribution in [-0.2, 0) is 11.8 Å². The molecule has 1 aliphatic heterocycles. The highest BCUT2D eigenvalue weighted by molar-refractivity contribution is 5.92. The van der Waals surface area contributed by atoms with E-state index in [1.807, 2.05) is 42.5 Å². The molecule has 0 unspecified atom stereocenters. The van der Waals surface area contributed by atoms with Crippen LogP contribution in [0.4, 0.5) is 16.0 Å². The second-order valence-electron chi connectivity index (χ2n) is 10.6. The summed E-state index contributed by atoms with van der Waals surface area (Å²) in [5, 5.41) is 3.76. The standard InChI is InChI=1S/C34H34FN5O5/c1-39-33(41)26(22-37-34(39)38-24-7-4-3-5-8-24)23-9-11-29(27(35)21-23)45-28-13-14-36-31-25(28)10-12-30(32(31)42-2)44-18-6-15-40-16-19-43-20-17-40/h3-5,7-14,21-22H,6,15-20H2,1-2H3,(H,37,38). The van der Waals surface area contributed by atoms with Gasteiger partial charge in [0.2, 0.25) is 5.95 Å². The van der Waals surface area contributed by atoms with Gasteiger partial charge < -0.3 is 24.3 Å². The Kier molecular flexibility index (Phi) is 9.18. The molecule has 0 spiro atoms. The number of fused-ring (bicyclic) bond motifs is 1. The molecule has 0 aliphatic carbocycles. The van der Waals surface area contributed by atoms with Gasteiger partial charge in [-0.15, -0.1) is 0 Å². The van der Waals surface area contributed by atoms with Crippen LogP contribution >= 0.6 is 0 Å². The van der Waals surface area contributed by atoms with Gasteiger partial charge in [0, 0.05) is 50.1 Å². The lowest BCUT2D eigenvalue weighted by molar-refractivity contribution is 0.0357. The number of nitrogens with one attached hydrogen (secondary N) is 1. The van der Waals surface area contributed by atoms with Crippen molar-refractivity contribution in [1.82, 2.24) is 19.4 Å². The molecule has 0 radical (unpaired) electrons. The van der Waals surface area contributed by atoms with E-state index in [0.29, 0.717) is 46.3 Å². The summed E-state index contributed by atoms with van der Waals surface area (Å²) >= 11 is 0. The number of hydrogen-bond donors (Lipinski definition) is 1. The fourth-order valence-corrected chi connectivity index (χ4v) is 5.22. The molecular formula is C34H34FN5O5. The molecule has 232 valence electrons. The number of anilines is 2. The zero-order valence-corrected chi connectivity index (χ0v) is 25.2. The van der Waals surface area contributed by atoms with E-state index in [2.05, 4.69) is 20.2 Å². The van der Waals surface area contributed by atoms with E-state index in [1.54, 1.807) is 32.5 Å². The highest BCUT2D eigenvalue weighted by atomic mass is 19.1. The van der Waals surface area contributed by atoms with Gasteiger partial charge in [0.15, 0.2) is 23.1 Å². The number of nitrogens with zero attached hydrogens (tertiary/aromatic N) is 4. The normalized spacial score (nSPS) is 13.5. The molecule has 2 aromatic heterocycles. The van der Waals surface area contributed by atoms with E-state index in [0.717, 1.165) is 45.0 Å². The highest BCUT2D eigenvalue weighted by Gasteiger charge is 2.18. The highest BCUT2D eigenvalue weighted by Crippen LogP contribution is 2.39. The first kappa shape index (κ1) is 30.0. The molecule has 6 rings (SSSR count). The van der Waals surface area contributed by atoms with Crippen molar-refractivity contribution in [3.8, 4) is 34.1 Å². The van der Waals surface area contributed by atoms with E-state index >= 15 is 4.39 Å². The first-order valence-corrected chi connectivity index (χ1v) is 14.8. The molecule has 1 fully saturated rings. The average molecular weight is 612 g/mol. The number of para-hydroxylation sites is 1. The average Bonchev–Trinajstić information content (AvgIpc) is 3.07. The minimum Gasteiger partial charge on any atom is -0.491 e. The molecule has 0 atom stereocenters. The fourth-order valence-electron chi connectivity index (χ4n) is 5.22. The van der Waals surface area contributed by atoms with Crippen molar-refractivity contribution in [1.29, 1.82) is 0 Å². The van der Waals surface area contributed by atoms with Crippen molar-refractivity contribution in [2.24, 2.45) is 7.05 Å². The summed E-state index contributed by atoms with van der Waals surface area (Å²) in [5.74, 6) is 1.20. The number of hydrogen-bond acceptors (Lipinski definition) is 9. The van der Waals surface area contributed by atoms with Gasteiger partial charge in [0.25, 0.3) is 5.56 Å². The summed E-state index contributed by atoms with van der Waals surface area (Å²) in [6.07, 6.45) is 3.88. The van der Waals surface area contributed by atoms with Crippen LogP contribution in [0.3, 0.4) is 0 Å². The molecule has 0 saturated carbocycles. The predicted octanol–water partition coefficient (Wildman–Crippen LogP) is 5.78. The summed E-state index contributed by atoms with van der Waals surface area (Å²) in [5.41, 5.74) is 1.66. The van der Waals surface area contributed by atoms with Gasteiger partial charge in [-0.05, 0) is 54.4 Å². The predicted molar refractivity (Wildman–Crippen MR) is 170 cm³/mol. The lowest BCUT2D eigenvalue weighted by atomic mass is 10.1. The van der Waals surface area contributed by atoms with Crippen molar-refractivity contribution in [3.05, 3.63) is 95.3 Å². The van der Waals surface area contributed by atoms with Gasteiger partial charge >= 0.3 is 0 Å². The largest absolute Gasteiger partial charge is 0.491 e. The maximum atomic E-state index is 15.4. The minimum absolute atomic E-state index is 0.000744. The van der Waals surface area contributed by atoms with Gasteiger partial charge in [-0.1, -0.05) is 24.3 Å². The molecule has 3 heterocycles. The van der Waals surface area contributed by atoms with Gasteiger partial charge in [0.05, 0.1) is 32.5 Å². The second kappa shape index (κ2) is 13.7. The van der Waals surface area contributed by atoms with Gasteiger partial charge in [-0.25, -0.2) is 9.37 Å². The van der Waals surface area contributed by atoms with Crippen LogP contribution in [0.5, 0.6) is 23.0 Å². The Balaban J connectivity index is 1.18. The maximum absolute atomic E-state index is 15.4. The molecule has 1 N–H and O–H groups in total. The number of aromatic nitrogens is 3. The Morgan fingerprint density at radius 1 is 0.978 bits per heavy atom. The Morgan fingerprint density at radius 2 is 1.78 bits per heavy atom. The number of methoxy groups -OCH3 is 1. The van der Waals surface area contributed by atoms with Crippen molar-refractivity contribution >= 4 is 22.5 Å². The van der Waals surface area contributed by atoms with E-state index in [9.17, 15) is 4.79 Å². The number of benzene rings is 3. The van der Waals surface area contributed by atoms with Crippen LogP contribution in [0.15, 0.2) is 83.9 Å². The molecule has 3 aromatic carbocycles. The third-order valence-electron chi connectivity index (χ3n) is 7.64. The number of ether oxygens (including phenoxy) is 4. The summed E-state index contributed by atoms with van der Waals surface area (Å²) in [4.78, 5) is 24.4. The lowest BCUT2D eigenvalue weighted by Gasteiger charge is -2.26. The van der Waals surface area contributed by atoms with E-state index < -0.39 is 5.82 Å². The van der Waals surface area contributed by atoms with E-state index in [1.165, 1.54) is 22.9 Å². The molecule has 1 saturated heterocycles. The Bertz CT molecular complexity index is 1840. The van der Waals surface area contributed by atoms with E-state index in [-0.39, 0.29) is 16.9 Å². The summed E-state index contributed by atoms with van der Waals surface area (Å²) in [6.45, 7) is 4.86. The third kappa shape index (κ3) is 6.74. The summed E-state index contributed by atoms with van der Waals surface area (Å²) in [6, 6.07) is 19.1. The Morgan fingerprint density at radius 3 is 2.56 bits per heavy atom. The number of morpholine rings is 1. The first-order chi connectivity index (χ1) is 22.0. The van der Waals surface area contributed by atoms with Crippen LogP contribution in [0.25, 0.3) is 22.0 Å². The SMILES string of the molecule is COc1c(OCCCN2CCOCC2)ccc2c(Oc3ccc(-c4cnc(Nc5ccccc5)n(C)c4=O)cc3F)ccnc12. The van der Waals surface area contributed by atoms with Crippen LogP contribution in [0.1, 0.15) is 6.42 Å². The number of halogens is 1. The van der Waals surface area contributed by atoms with Crippen LogP contribution < -0.4 is 25.1 Å².